The number of rotatable bonds is 7. The Hall–Kier alpha value is -2.27. The molecule has 0 unspecified atom stereocenters. The standard InChI is InChI=1S/C16H18FN3O/c17-15-7-2-1-5-13(15)8-10-18-12-16(21)20-11-14-6-3-4-9-19-14/h1-7,9,18H,8,10-12H2,(H,20,21). The predicted molar refractivity (Wildman–Crippen MR) is 79.1 cm³/mol. The molecule has 21 heavy (non-hydrogen) atoms. The third kappa shape index (κ3) is 5.31. The normalized spacial score (nSPS) is 10.3. The number of amides is 1. The second kappa shape index (κ2) is 8.11. The zero-order valence-electron chi connectivity index (χ0n) is 11.7. The zero-order valence-corrected chi connectivity index (χ0v) is 11.7. The first-order valence-corrected chi connectivity index (χ1v) is 6.86. The summed E-state index contributed by atoms with van der Waals surface area (Å²) in [4.78, 5) is 15.7. The van der Waals surface area contributed by atoms with Gasteiger partial charge in [0.15, 0.2) is 0 Å². The number of nitrogens with zero attached hydrogens (tertiary/aromatic N) is 1. The van der Waals surface area contributed by atoms with Crippen LogP contribution in [0.25, 0.3) is 0 Å². The summed E-state index contributed by atoms with van der Waals surface area (Å²) >= 11 is 0. The van der Waals surface area contributed by atoms with E-state index in [2.05, 4.69) is 15.6 Å². The van der Waals surface area contributed by atoms with Gasteiger partial charge in [-0.25, -0.2) is 4.39 Å². The molecule has 0 aliphatic carbocycles. The van der Waals surface area contributed by atoms with Crippen molar-refractivity contribution >= 4 is 5.91 Å². The Morgan fingerprint density at radius 3 is 2.71 bits per heavy atom. The number of benzene rings is 1. The van der Waals surface area contributed by atoms with E-state index in [0.29, 0.717) is 25.1 Å². The SMILES string of the molecule is O=C(CNCCc1ccccc1F)NCc1ccccn1. The maximum atomic E-state index is 13.4. The number of pyridine rings is 1. The van der Waals surface area contributed by atoms with Crippen molar-refractivity contribution in [2.24, 2.45) is 0 Å². The molecule has 5 heteroatoms. The second-order valence-electron chi connectivity index (χ2n) is 4.62. The molecule has 0 atom stereocenters. The molecule has 0 aliphatic rings. The highest BCUT2D eigenvalue weighted by atomic mass is 19.1. The zero-order chi connectivity index (χ0) is 14.9. The lowest BCUT2D eigenvalue weighted by molar-refractivity contribution is -0.120. The highest BCUT2D eigenvalue weighted by Gasteiger charge is 2.03. The third-order valence-corrected chi connectivity index (χ3v) is 3.01. The molecule has 0 aliphatic heterocycles. The summed E-state index contributed by atoms with van der Waals surface area (Å²) < 4.78 is 13.4. The van der Waals surface area contributed by atoms with Gasteiger partial charge in [-0.1, -0.05) is 24.3 Å². The van der Waals surface area contributed by atoms with E-state index in [1.54, 1.807) is 24.4 Å². The summed E-state index contributed by atoms with van der Waals surface area (Å²) in [6.07, 6.45) is 2.24. The molecule has 0 saturated heterocycles. The number of carbonyl (C=O) groups is 1. The fourth-order valence-electron chi connectivity index (χ4n) is 1.88. The monoisotopic (exact) mass is 287 g/mol. The molecule has 0 saturated carbocycles. The summed E-state index contributed by atoms with van der Waals surface area (Å²) in [7, 11) is 0. The predicted octanol–water partition coefficient (Wildman–Crippen LogP) is 1.67. The van der Waals surface area contributed by atoms with Crippen LogP contribution < -0.4 is 10.6 Å². The molecule has 0 fully saturated rings. The van der Waals surface area contributed by atoms with E-state index in [0.717, 1.165) is 5.69 Å². The van der Waals surface area contributed by atoms with E-state index in [9.17, 15) is 9.18 Å². The van der Waals surface area contributed by atoms with Gasteiger partial charge in [0.05, 0.1) is 18.8 Å². The fraction of sp³-hybridized carbons (Fsp3) is 0.250. The number of hydrogen-bond donors (Lipinski definition) is 2. The van der Waals surface area contributed by atoms with Crippen molar-refractivity contribution in [3.8, 4) is 0 Å². The molecule has 110 valence electrons. The van der Waals surface area contributed by atoms with Crippen molar-refractivity contribution < 1.29 is 9.18 Å². The van der Waals surface area contributed by atoms with Gasteiger partial charge in [0.2, 0.25) is 5.91 Å². The van der Waals surface area contributed by atoms with Crippen LogP contribution in [0, 0.1) is 5.82 Å². The number of nitrogens with one attached hydrogen (secondary N) is 2. The van der Waals surface area contributed by atoms with E-state index in [1.807, 2.05) is 18.2 Å². The number of hydrogen-bond acceptors (Lipinski definition) is 3. The molecule has 2 rings (SSSR count). The van der Waals surface area contributed by atoms with Gasteiger partial charge in [0, 0.05) is 6.20 Å². The first kappa shape index (κ1) is 15.1. The Bertz CT molecular complexity index is 575. The molecular weight excluding hydrogens is 269 g/mol. The largest absolute Gasteiger partial charge is 0.349 e. The molecule has 0 spiro atoms. The lowest BCUT2D eigenvalue weighted by atomic mass is 10.1. The quantitative estimate of drug-likeness (QED) is 0.762. The lowest BCUT2D eigenvalue weighted by Gasteiger charge is -2.07. The molecule has 2 N–H and O–H groups in total. The molecule has 2 aromatic rings. The van der Waals surface area contributed by atoms with Crippen LogP contribution in [0.2, 0.25) is 0 Å². The maximum absolute atomic E-state index is 13.4. The Morgan fingerprint density at radius 2 is 1.95 bits per heavy atom. The summed E-state index contributed by atoms with van der Waals surface area (Å²) in [5.41, 5.74) is 1.47. The Kier molecular flexibility index (Phi) is 5.84. The number of halogens is 1. The van der Waals surface area contributed by atoms with Gasteiger partial charge in [0.25, 0.3) is 0 Å². The van der Waals surface area contributed by atoms with Gasteiger partial charge in [0.1, 0.15) is 5.82 Å². The van der Waals surface area contributed by atoms with Crippen molar-refractivity contribution in [1.29, 1.82) is 0 Å². The van der Waals surface area contributed by atoms with E-state index >= 15 is 0 Å². The maximum Gasteiger partial charge on any atom is 0.234 e. The van der Waals surface area contributed by atoms with Crippen LogP contribution in [0.5, 0.6) is 0 Å². The van der Waals surface area contributed by atoms with Gasteiger partial charge >= 0.3 is 0 Å². The van der Waals surface area contributed by atoms with Gasteiger partial charge < -0.3 is 10.6 Å². The first-order chi connectivity index (χ1) is 10.3. The molecule has 1 heterocycles. The van der Waals surface area contributed by atoms with Gasteiger partial charge in [-0.15, -0.1) is 0 Å². The van der Waals surface area contributed by atoms with Crippen molar-refractivity contribution in [3.05, 3.63) is 65.7 Å². The highest BCUT2D eigenvalue weighted by Crippen LogP contribution is 2.05. The topological polar surface area (TPSA) is 54.0 Å². The Morgan fingerprint density at radius 1 is 1.14 bits per heavy atom. The summed E-state index contributed by atoms with van der Waals surface area (Å²) in [5.74, 6) is -0.312. The summed E-state index contributed by atoms with van der Waals surface area (Å²) in [6.45, 7) is 1.17. The minimum atomic E-state index is -0.209. The van der Waals surface area contributed by atoms with Crippen LogP contribution >= 0.6 is 0 Å². The van der Waals surface area contributed by atoms with Crippen LogP contribution in [0.1, 0.15) is 11.3 Å². The molecule has 1 aromatic carbocycles. The minimum absolute atomic E-state index is 0.103. The van der Waals surface area contributed by atoms with Crippen LogP contribution in [0.4, 0.5) is 4.39 Å². The third-order valence-electron chi connectivity index (χ3n) is 3.01. The van der Waals surface area contributed by atoms with Crippen molar-refractivity contribution in [2.75, 3.05) is 13.1 Å². The smallest absolute Gasteiger partial charge is 0.234 e. The van der Waals surface area contributed by atoms with Crippen LogP contribution in [0.3, 0.4) is 0 Å². The Labute approximate surface area is 123 Å². The molecule has 1 aromatic heterocycles. The van der Waals surface area contributed by atoms with Gasteiger partial charge in [-0.3, -0.25) is 9.78 Å². The average molecular weight is 287 g/mol. The molecule has 0 bridgehead atoms. The van der Waals surface area contributed by atoms with Gasteiger partial charge in [-0.2, -0.15) is 0 Å². The van der Waals surface area contributed by atoms with E-state index in [-0.39, 0.29) is 18.3 Å². The number of carbonyl (C=O) groups excluding carboxylic acids is 1. The van der Waals surface area contributed by atoms with Crippen LogP contribution in [-0.2, 0) is 17.8 Å². The highest BCUT2D eigenvalue weighted by molar-refractivity contribution is 5.77. The van der Waals surface area contributed by atoms with Crippen molar-refractivity contribution in [2.45, 2.75) is 13.0 Å². The lowest BCUT2D eigenvalue weighted by Crippen LogP contribution is -2.34. The van der Waals surface area contributed by atoms with Crippen LogP contribution in [-0.4, -0.2) is 24.0 Å². The average Bonchev–Trinajstić information content (AvgIpc) is 2.52. The van der Waals surface area contributed by atoms with Gasteiger partial charge in [-0.05, 0) is 36.7 Å². The molecular formula is C16H18FN3O. The first-order valence-electron chi connectivity index (χ1n) is 6.86. The molecule has 0 radical (unpaired) electrons. The summed E-state index contributed by atoms with van der Waals surface area (Å²) in [6, 6.07) is 12.2. The van der Waals surface area contributed by atoms with E-state index in [1.165, 1.54) is 6.07 Å². The van der Waals surface area contributed by atoms with Crippen molar-refractivity contribution in [3.63, 3.8) is 0 Å². The molecule has 1 amide bonds. The number of aromatic nitrogens is 1. The second-order valence-corrected chi connectivity index (χ2v) is 4.62. The van der Waals surface area contributed by atoms with Crippen molar-refractivity contribution in [1.82, 2.24) is 15.6 Å². The van der Waals surface area contributed by atoms with E-state index in [4.69, 9.17) is 0 Å². The minimum Gasteiger partial charge on any atom is -0.349 e. The summed E-state index contributed by atoms with van der Waals surface area (Å²) in [5, 5.41) is 5.77. The fourth-order valence-corrected chi connectivity index (χ4v) is 1.88. The molecule has 4 nitrogen and oxygen atoms in total. The Balaban J connectivity index is 1.62. The van der Waals surface area contributed by atoms with E-state index < -0.39 is 0 Å². The van der Waals surface area contributed by atoms with Crippen LogP contribution in [0.15, 0.2) is 48.7 Å².